The quantitative estimate of drug-likeness (QED) is 0.873. The second kappa shape index (κ2) is 7.74. The number of likely N-dealkylation sites (tertiary alicyclic amines) is 1. The number of carbonyl (C=O) groups is 2. The van der Waals surface area contributed by atoms with Gasteiger partial charge in [-0.1, -0.05) is 0 Å². The van der Waals surface area contributed by atoms with E-state index in [4.69, 9.17) is 0 Å². The van der Waals surface area contributed by atoms with Crippen LogP contribution in [0.1, 0.15) is 31.2 Å². The van der Waals surface area contributed by atoms with Crippen molar-refractivity contribution in [2.24, 2.45) is 5.92 Å². The number of anilines is 1. The van der Waals surface area contributed by atoms with Crippen LogP contribution in [0.4, 0.5) is 10.5 Å². The molecule has 3 fully saturated rings. The first-order valence-corrected chi connectivity index (χ1v) is 10.1. The lowest BCUT2D eigenvalue weighted by molar-refractivity contribution is -0.128. The average Bonchev–Trinajstić information content (AvgIpc) is 3.46. The Morgan fingerprint density at radius 2 is 2.11 bits per heavy atom. The Morgan fingerprint density at radius 1 is 1.26 bits per heavy atom. The van der Waals surface area contributed by atoms with Crippen LogP contribution in [0.15, 0.2) is 18.5 Å². The van der Waals surface area contributed by atoms with Gasteiger partial charge in [0.2, 0.25) is 5.91 Å². The number of aromatic nitrogens is 1. The zero-order valence-corrected chi connectivity index (χ0v) is 16.1. The minimum Gasteiger partial charge on any atom is -0.369 e. The van der Waals surface area contributed by atoms with Crippen LogP contribution < -0.4 is 10.2 Å². The molecule has 0 radical (unpaired) electrons. The predicted octanol–water partition coefficient (Wildman–Crippen LogP) is 1.62. The second-order valence-corrected chi connectivity index (χ2v) is 8.02. The summed E-state index contributed by atoms with van der Waals surface area (Å²) in [6.07, 6.45) is 7.53. The van der Waals surface area contributed by atoms with Crippen molar-refractivity contribution in [2.75, 3.05) is 44.2 Å². The maximum Gasteiger partial charge on any atom is 0.317 e. The maximum absolute atomic E-state index is 12.6. The number of pyridine rings is 1. The van der Waals surface area contributed by atoms with Crippen molar-refractivity contribution in [1.29, 1.82) is 0 Å². The van der Waals surface area contributed by atoms with E-state index in [-0.39, 0.29) is 17.9 Å². The van der Waals surface area contributed by atoms with Crippen LogP contribution in [0.3, 0.4) is 0 Å². The van der Waals surface area contributed by atoms with Crippen LogP contribution in [0.5, 0.6) is 0 Å². The molecule has 7 nitrogen and oxygen atoms in total. The highest BCUT2D eigenvalue weighted by Gasteiger charge is 2.39. The molecule has 1 saturated carbocycles. The van der Waals surface area contributed by atoms with Crippen molar-refractivity contribution in [1.82, 2.24) is 20.1 Å². The molecule has 3 aliphatic rings. The van der Waals surface area contributed by atoms with Gasteiger partial charge < -0.3 is 20.0 Å². The zero-order valence-electron chi connectivity index (χ0n) is 16.1. The van der Waals surface area contributed by atoms with Crippen molar-refractivity contribution < 1.29 is 9.59 Å². The number of nitrogens with zero attached hydrogens (tertiary/aromatic N) is 4. The van der Waals surface area contributed by atoms with Gasteiger partial charge in [0.25, 0.3) is 0 Å². The monoisotopic (exact) mass is 371 g/mol. The summed E-state index contributed by atoms with van der Waals surface area (Å²) >= 11 is 0. The number of hydrogen-bond acceptors (Lipinski definition) is 4. The molecule has 146 valence electrons. The van der Waals surface area contributed by atoms with Crippen molar-refractivity contribution in [3.8, 4) is 0 Å². The van der Waals surface area contributed by atoms with E-state index in [0.717, 1.165) is 45.4 Å². The summed E-state index contributed by atoms with van der Waals surface area (Å²) in [5.41, 5.74) is 2.37. The Balaban J connectivity index is 1.26. The van der Waals surface area contributed by atoms with Crippen LogP contribution in [-0.2, 0) is 4.79 Å². The van der Waals surface area contributed by atoms with Gasteiger partial charge in [-0.15, -0.1) is 0 Å². The highest BCUT2D eigenvalue weighted by molar-refractivity contribution is 5.79. The van der Waals surface area contributed by atoms with Gasteiger partial charge in [-0.3, -0.25) is 9.78 Å². The Bertz CT molecular complexity index is 705. The highest BCUT2D eigenvalue weighted by Crippen LogP contribution is 2.32. The largest absolute Gasteiger partial charge is 0.369 e. The van der Waals surface area contributed by atoms with Crippen molar-refractivity contribution >= 4 is 17.6 Å². The van der Waals surface area contributed by atoms with Gasteiger partial charge in [0.15, 0.2) is 0 Å². The number of amides is 3. The summed E-state index contributed by atoms with van der Waals surface area (Å²) < 4.78 is 0. The van der Waals surface area contributed by atoms with Crippen LogP contribution >= 0.6 is 0 Å². The van der Waals surface area contributed by atoms with Crippen molar-refractivity contribution in [3.63, 3.8) is 0 Å². The van der Waals surface area contributed by atoms with Gasteiger partial charge in [-0.2, -0.15) is 0 Å². The summed E-state index contributed by atoms with van der Waals surface area (Å²) in [5, 5.41) is 3.07. The molecule has 1 N–H and O–H groups in total. The Morgan fingerprint density at radius 3 is 2.89 bits per heavy atom. The van der Waals surface area contributed by atoms with Crippen molar-refractivity contribution in [3.05, 3.63) is 24.0 Å². The molecule has 1 aliphatic carbocycles. The fraction of sp³-hybridized carbons (Fsp3) is 0.650. The molecule has 3 heterocycles. The predicted molar refractivity (Wildman–Crippen MR) is 104 cm³/mol. The number of rotatable bonds is 4. The third-order valence-corrected chi connectivity index (χ3v) is 5.88. The summed E-state index contributed by atoms with van der Waals surface area (Å²) in [7, 11) is 0. The van der Waals surface area contributed by atoms with Gasteiger partial charge in [0.05, 0.1) is 0 Å². The van der Waals surface area contributed by atoms with Crippen LogP contribution in [0, 0.1) is 12.8 Å². The minimum absolute atomic E-state index is 0.000575. The Hall–Kier alpha value is -2.31. The lowest BCUT2D eigenvalue weighted by Crippen LogP contribution is -2.44. The first kappa shape index (κ1) is 18.1. The molecule has 2 aliphatic heterocycles. The molecule has 4 rings (SSSR count). The zero-order chi connectivity index (χ0) is 18.8. The Kier molecular flexibility index (Phi) is 5.18. The van der Waals surface area contributed by atoms with Gasteiger partial charge in [0.1, 0.15) is 0 Å². The summed E-state index contributed by atoms with van der Waals surface area (Å²) in [6, 6.07) is 2.53. The van der Waals surface area contributed by atoms with Gasteiger partial charge >= 0.3 is 6.03 Å². The molecule has 1 aromatic rings. The summed E-state index contributed by atoms with van der Waals surface area (Å²) in [5.74, 6) is 0.514. The molecular weight excluding hydrogens is 342 g/mol. The van der Waals surface area contributed by atoms with Crippen LogP contribution in [0.25, 0.3) is 0 Å². The minimum atomic E-state index is 0.000575. The van der Waals surface area contributed by atoms with Crippen molar-refractivity contribution in [2.45, 2.75) is 38.6 Å². The van der Waals surface area contributed by atoms with Gasteiger partial charge in [0, 0.05) is 75.7 Å². The van der Waals surface area contributed by atoms with E-state index in [1.165, 1.54) is 11.3 Å². The number of urea groups is 1. The third-order valence-electron chi connectivity index (χ3n) is 5.88. The topological polar surface area (TPSA) is 68.8 Å². The van der Waals surface area contributed by atoms with E-state index in [1.54, 1.807) is 0 Å². The first-order chi connectivity index (χ1) is 13.1. The second-order valence-electron chi connectivity index (χ2n) is 8.02. The van der Waals surface area contributed by atoms with Gasteiger partial charge in [-0.05, 0) is 37.8 Å². The Labute approximate surface area is 160 Å². The molecule has 0 aromatic carbocycles. The molecule has 27 heavy (non-hydrogen) atoms. The first-order valence-electron chi connectivity index (χ1n) is 10.1. The number of carbonyl (C=O) groups excluding carboxylic acids is 2. The fourth-order valence-corrected chi connectivity index (χ4v) is 4.21. The van der Waals surface area contributed by atoms with Gasteiger partial charge in [-0.25, -0.2) is 4.79 Å². The van der Waals surface area contributed by atoms with Crippen LogP contribution in [-0.4, -0.2) is 72.0 Å². The van der Waals surface area contributed by atoms with E-state index in [0.29, 0.717) is 25.6 Å². The maximum atomic E-state index is 12.6. The molecule has 7 heteroatoms. The molecular formula is C20H29N5O2. The lowest BCUT2D eigenvalue weighted by Gasteiger charge is -2.25. The summed E-state index contributed by atoms with van der Waals surface area (Å²) in [4.78, 5) is 35.1. The van der Waals surface area contributed by atoms with E-state index >= 15 is 0 Å². The number of hydrogen-bond donors (Lipinski definition) is 1. The fourth-order valence-electron chi connectivity index (χ4n) is 4.21. The van der Waals surface area contributed by atoms with E-state index in [9.17, 15) is 9.59 Å². The highest BCUT2D eigenvalue weighted by atomic mass is 16.2. The van der Waals surface area contributed by atoms with Crippen LogP contribution in [0.2, 0.25) is 0 Å². The lowest BCUT2D eigenvalue weighted by atomic mass is 10.1. The molecule has 0 bridgehead atoms. The molecule has 0 unspecified atom stereocenters. The normalized spacial score (nSPS) is 23.5. The number of aryl methyl sites for hydroxylation is 1. The third kappa shape index (κ3) is 4.17. The van der Waals surface area contributed by atoms with E-state index in [1.807, 2.05) is 28.3 Å². The number of nitrogens with one attached hydrogen (secondary N) is 1. The molecule has 3 amide bonds. The standard InChI is InChI=1S/C20H29N5O2/c1-15-12-21-6-5-18(15)23-7-2-8-24(10-9-23)20(27)22-13-16-11-19(26)25(14-16)17-3-4-17/h5-6,12,16-17H,2-4,7-11,13-14H2,1H3,(H,22,27)/t16-/m1/s1. The average molecular weight is 371 g/mol. The molecule has 1 aromatic heterocycles. The smallest absolute Gasteiger partial charge is 0.317 e. The summed E-state index contributed by atoms with van der Waals surface area (Å²) in [6.45, 7) is 6.73. The van der Waals surface area contributed by atoms with E-state index < -0.39 is 0 Å². The molecule has 1 atom stereocenters. The molecule has 2 saturated heterocycles. The molecule has 0 spiro atoms. The van der Waals surface area contributed by atoms with E-state index in [2.05, 4.69) is 22.1 Å². The SMILES string of the molecule is Cc1cnccc1N1CCCN(C(=O)NC[C@H]2CC(=O)N(C3CC3)C2)CC1.